The van der Waals surface area contributed by atoms with Crippen molar-refractivity contribution in [2.75, 3.05) is 32.0 Å². The molecule has 1 amide bonds. The van der Waals surface area contributed by atoms with E-state index in [1.807, 2.05) is 0 Å². The molecule has 0 saturated carbocycles. The van der Waals surface area contributed by atoms with Gasteiger partial charge in [0.05, 0.1) is 6.54 Å². The number of hydrogen-bond donors (Lipinski definition) is 4. The molecule has 2 fully saturated rings. The van der Waals surface area contributed by atoms with Gasteiger partial charge in [-0.2, -0.15) is 4.98 Å². The number of hydrogen-bond acceptors (Lipinski definition) is 7. The van der Waals surface area contributed by atoms with Crippen molar-refractivity contribution < 1.29 is 19.4 Å². The molecule has 2 saturated heterocycles. The summed E-state index contributed by atoms with van der Waals surface area (Å²) in [5, 5.41) is 16.2. The lowest BCUT2D eigenvalue weighted by molar-refractivity contribution is -0.127. The topological polar surface area (TPSA) is 146 Å². The summed E-state index contributed by atoms with van der Waals surface area (Å²) in [5.74, 6) is 0.984. The first-order valence-corrected chi connectivity index (χ1v) is 8.48. The van der Waals surface area contributed by atoms with Gasteiger partial charge in [0.25, 0.3) is 6.47 Å². The molecule has 140 valence electrons. The zero-order valence-electron chi connectivity index (χ0n) is 14.2. The molecule has 0 aliphatic carbocycles. The Hall–Kier alpha value is -2.20. The number of nitrogens with two attached hydrogens (primary N) is 1. The predicted molar refractivity (Wildman–Crippen MR) is 89.5 cm³/mol. The minimum atomic E-state index is -0.250. The number of nitrogens with zero attached hydrogens (tertiary/aromatic N) is 3. The number of anilines is 1. The van der Waals surface area contributed by atoms with Crippen molar-refractivity contribution in [2.24, 2.45) is 5.92 Å². The average molecular weight is 354 g/mol. The van der Waals surface area contributed by atoms with Gasteiger partial charge >= 0.3 is 0 Å². The molecule has 0 unspecified atom stereocenters. The summed E-state index contributed by atoms with van der Waals surface area (Å²) < 4.78 is 5.41. The molecular formula is C15H26N6O4. The van der Waals surface area contributed by atoms with E-state index in [4.69, 9.17) is 20.4 Å². The number of likely N-dealkylation sites (tertiary alicyclic amines) is 1. The molecule has 0 aromatic carbocycles. The van der Waals surface area contributed by atoms with E-state index in [9.17, 15) is 4.79 Å². The van der Waals surface area contributed by atoms with Gasteiger partial charge in [-0.05, 0) is 38.8 Å². The van der Waals surface area contributed by atoms with Gasteiger partial charge in [0.15, 0.2) is 0 Å². The number of carboxylic acid groups (broad SMARTS) is 1. The van der Waals surface area contributed by atoms with Crippen molar-refractivity contribution in [1.29, 1.82) is 0 Å². The molecule has 1 aromatic rings. The van der Waals surface area contributed by atoms with Crippen LogP contribution in [0.25, 0.3) is 0 Å². The monoisotopic (exact) mass is 354 g/mol. The minimum absolute atomic E-state index is 0.0939. The Bertz CT molecular complexity index is 538. The summed E-state index contributed by atoms with van der Waals surface area (Å²) in [6.45, 7) is 3.83. The Kier molecular flexibility index (Phi) is 7.61. The Morgan fingerprint density at radius 2 is 2.00 bits per heavy atom. The molecule has 1 aromatic heterocycles. The summed E-state index contributed by atoms with van der Waals surface area (Å²) in [7, 11) is 0. The molecule has 5 N–H and O–H groups in total. The van der Waals surface area contributed by atoms with Crippen molar-refractivity contribution in [2.45, 2.75) is 38.3 Å². The molecule has 0 radical (unpaired) electrons. The first-order valence-electron chi connectivity index (χ1n) is 8.48. The second kappa shape index (κ2) is 9.94. The average Bonchev–Trinajstić information content (AvgIpc) is 3.07. The van der Waals surface area contributed by atoms with E-state index < -0.39 is 0 Å². The Balaban J connectivity index is 0.000000701. The van der Waals surface area contributed by atoms with Crippen LogP contribution in [0.3, 0.4) is 0 Å². The fourth-order valence-electron chi connectivity index (χ4n) is 3.28. The molecule has 10 heteroatoms. The fraction of sp³-hybridized carbons (Fsp3) is 0.733. The number of carbonyl (C=O) groups is 2. The number of nitrogen functional groups attached to an aromatic ring is 1. The van der Waals surface area contributed by atoms with E-state index in [1.165, 1.54) is 0 Å². The molecule has 2 aliphatic rings. The molecule has 25 heavy (non-hydrogen) atoms. The van der Waals surface area contributed by atoms with Crippen LogP contribution in [0.15, 0.2) is 0 Å². The van der Waals surface area contributed by atoms with E-state index in [-0.39, 0.29) is 24.2 Å². The van der Waals surface area contributed by atoms with Crippen molar-refractivity contribution in [3.8, 4) is 0 Å². The summed E-state index contributed by atoms with van der Waals surface area (Å²) in [6.07, 6.45) is 4.07. The maximum atomic E-state index is 12.2. The summed E-state index contributed by atoms with van der Waals surface area (Å²) in [4.78, 5) is 27.1. The third-order valence-corrected chi connectivity index (χ3v) is 4.59. The van der Waals surface area contributed by atoms with Crippen LogP contribution in [-0.2, 0) is 20.9 Å². The van der Waals surface area contributed by atoms with Gasteiger partial charge in [0.2, 0.25) is 11.9 Å². The number of amides is 1. The molecule has 0 bridgehead atoms. The third kappa shape index (κ3) is 5.98. The maximum absolute atomic E-state index is 12.2. The van der Waals surface area contributed by atoms with E-state index in [1.54, 1.807) is 0 Å². The van der Waals surface area contributed by atoms with Gasteiger partial charge in [-0.15, -0.1) is 5.10 Å². The van der Waals surface area contributed by atoms with Crippen LogP contribution >= 0.6 is 0 Å². The first kappa shape index (κ1) is 19.1. The molecule has 10 nitrogen and oxygen atoms in total. The van der Waals surface area contributed by atoms with Gasteiger partial charge in [-0.1, -0.05) is 0 Å². The van der Waals surface area contributed by atoms with Gasteiger partial charge in [-0.3, -0.25) is 14.7 Å². The number of H-pyrrole nitrogens is 1. The molecule has 3 rings (SSSR count). The highest BCUT2D eigenvalue weighted by molar-refractivity contribution is 5.78. The quantitative estimate of drug-likeness (QED) is 0.534. The number of aromatic amines is 1. The van der Waals surface area contributed by atoms with E-state index in [0.29, 0.717) is 18.4 Å². The zero-order valence-corrected chi connectivity index (χ0v) is 14.2. The molecular weight excluding hydrogens is 328 g/mol. The largest absolute Gasteiger partial charge is 0.483 e. The van der Waals surface area contributed by atoms with Gasteiger partial charge in [0.1, 0.15) is 5.82 Å². The maximum Gasteiger partial charge on any atom is 0.290 e. The van der Waals surface area contributed by atoms with Crippen LogP contribution in [0, 0.1) is 5.92 Å². The third-order valence-electron chi connectivity index (χ3n) is 4.59. The van der Waals surface area contributed by atoms with Crippen molar-refractivity contribution >= 4 is 18.3 Å². The minimum Gasteiger partial charge on any atom is -0.483 e. The van der Waals surface area contributed by atoms with Crippen LogP contribution in [0.4, 0.5) is 5.95 Å². The Morgan fingerprint density at radius 3 is 2.56 bits per heavy atom. The summed E-state index contributed by atoms with van der Waals surface area (Å²) >= 11 is 0. The second-order valence-corrected chi connectivity index (χ2v) is 6.12. The van der Waals surface area contributed by atoms with Crippen LogP contribution in [-0.4, -0.2) is 69.9 Å². The fourth-order valence-corrected chi connectivity index (χ4v) is 3.28. The van der Waals surface area contributed by atoms with E-state index in [0.717, 1.165) is 52.0 Å². The number of nitrogens with one attached hydrogen (secondary N) is 2. The highest BCUT2D eigenvalue weighted by atomic mass is 16.5. The predicted octanol–water partition coefficient (Wildman–Crippen LogP) is -0.405. The van der Waals surface area contributed by atoms with Gasteiger partial charge in [-0.25, -0.2) is 0 Å². The number of carbonyl (C=O) groups excluding carboxylic acids is 1. The van der Waals surface area contributed by atoms with Crippen molar-refractivity contribution in [3.05, 3.63) is 5.82 Å². The lowest BCUT2D eigenvalue weighted by Gasteiger charge is -2.38. The number of piperidine rings is 1. The SMILES string of the molecule is Nc1n[nH]c(CNC(=O)C2CCN(C3CCOCC3)CC2)n1.O=CO. The Labute approximate surface area is 146 Å². The summed E-state index contributed by atoms with van der Waals surface area (Å²) in [5.41, 5.74) is 5.43. The zero-order chi connectivity index (χ0) is 18.1. The normalized spacial score (nSPS) is 19.7. The van der Waals surface area contributed by atoms with Crippen molar-refractivity contribution in [3.63, 3.8) is 0 Å². The van der Waals surface area contributed by atoms with Crippen molar-refractivity contribution in [1.82, 2.24) is 25.4 Å². The number of aromatic nitrogens is 3. The smallest absolute Gasteiger partial charge is 0.290 e. The van der Waals surface area contributed by atoms with Crippen LogP contribution < -0.4 is 11.1 Å². The highest BCUT2D eigenvalue weighted by Gasteiger charge is 2.29. The molecule has 3 heterocycles. The van der Waals surface area contributed by atoms with Crippen LogP contribution in [0.1, 0.15) is 31.5 Å². The van der Waals surface area contributed by atoms with E-state index >= 15 is 0 Å². The summed E-state index contributed by atoms with van der Waals surface area (Å²) in [6, 6.07) is 0.634. The standard InChI is InChI=1S/C14H24N6O2.CH2O2/c15-14-17-12(18-19-14)9-16-13(21)10-1-5-20(6-2-10)11-3-7-22-8-4-11;2-1-3/h10-11H,1-9H2,(H,16,21)(H3,15,17,18,19);1H,(H,2,3). The number of ether oxygens (including phenoxy) is 1. The van der Waals surface area contributed by atoms with Gasteiger partial charge < -0.3 is 25.8 Å². The highest BCUT2D eigenvalue weighted by Crippen LogP contribution is 2.23. The lowest BCUT2D eigenvalue weighted by atomic mass is 9.93. The molecule has 0 spiro atoms. The van der Waals surface area contributed by atoms with Crippen LogP contribution in [0.2, 0.25) is 0 Å². The number of rotatable bonds is 4. The Morgan fingerprint density at radius 1 is 1.36 bits per heavy atom. The molecule has 2 aliphatic heterocycles. The first-order chi connectivity index (χ1) is 12.1. The van der Waals surface area contributed by atoms with Gasteiger partial charge in [0, 0.05) is 25.2 Å². The van der Waals surface area contributed by atoms with Crippen LogP contribution in [0.5, 0.6) is 0 Å². The molecule has 0 atom stereocenters. The van der Waals surface area contributed by atoms with E-state index in [2.05, 4.69) is 25.4 Å². The lowest BCUT2D eigenvalue weighted by Crippen LogP contribution is -2.46. The second-order valence-electron chi connectivity index (χ2n) is 6.12.